The molecule has 1 aromatic carbocycles. The van der Waals surface area contributed by atoms with Crippen LogP contribution in [0.5, 0.6) is 0 Å². The molecule has 5 heteroatoms. The number of carbonyl (C=O) groups is 1. The van der Waals surface area contributed by atoms with Crippen LogP contribution in [0.1, 0.15) is 19.8 Å². The van der Waals surface area contributed by atoms with E-state index in [1.165, 1.54) is 12.1 Å². The molecule has 18 heavy (non-hydrogen) atoms. The van der Waals surface area contributed by atoms with Gasteiger partial charge >= 0.3 is 6.03 Å². The van der Waals surface area contributed by atoms with Gasteiger partial charge in [-0.15, -0.1) is 0 Å². The largest absolute Gasteiger partial charge is 0.325 e. The zero-order chi connectivity index (χ0) is 13.1. The molecular weight excluding hydrogens is 255 g/mol. The molecule has 1 aromatic rings. The molecule has 0 saturated carbocycles. The minimum atomic E-state index is -0.513. The first-order valence-electron chi connectivity index (χ1n) is 6.08. The number of amides is 2. The number of nitrogens with one attached hydrogen (secondary N) is 1. The second-order valence-electron chi connectivity index (χ2n) is 4.70. The average molecular weight is 271 g/mol. The molecule has 2 amide bonds. The van der Waals surface area contributed by atoms with Gasteiger partial charge in [-0.3, -0.25) is 0 Å². The minimum Gasteiger partial charge on any atom is -0.325 e. The van der Waals surface area contributed by atoms with Gasteiger partial charge in [0.15, 0.2) is 0 Å². The van der Waals surface area contributed by atoms with Crippen LogP contribution in [0.25, 0.3) is 0 Å². The standard InChI is InChI=1S/C13H16ClFN2O/c1-9-5-7-17(8-6-9)13(18)16-12-10(14)3-2-4-11(12)15/h2-4,9H,5-8H2,1H3,(H,16,18). The molecule has 1 saturated heterocycles. The third-order valence-electron chi connectivity index (χ3n) is 3.27. The number of carbonyl (C=O) groups excluding carboxylic acids is 1. The van der Waals surface area contributed by atoms with Gasteiger partial charge in [-0.05, 0) is 30.9 Å². The molecule has 0 unspecified atom stereocenters. The molecule has 1 fully saturated rings. The van der Waals surface area contributed by atoms with Crippen LogP contribution in [-0.4, -0.2) is 24.0 Å². The fraction of sp³-hybridized carbons (Fsp3) is 0.462. The molecule has 0 spiro atoms. The zero-order valence-electron chi connectivity index (χ0n) is 10.2. The van der Waals surface area contributed by atoms with Gasteiger partial charge < -0.3 is 10.2 Å². The number of halogens is 2. The molecule has 2 rings (SSSR count). The SMILES string of the molecule is CC1CCN(C(=O)Nc2c(F)cccc2Cl)CC1. The van der Waals surface area contributed by atoms with Crippen molar-refractivity contribution in [1.82, 2.24) is 4.90 Å². The number of likely N-dealkylation sites (tertiary alicyclic amines) is 1. The Bertz CT molecular complexity index is 424. The van der Waals surface area contributed by atoms with E-state index in [0.717, 1.165) is 12.8 Å². The van der Waals surface area contributed by atoms with E-state index in [9.17, 15) is 9.18 Å². The smallest absolute Gasteiger partial charge is 0.321 e. The Balaban J connectivity index is 2.03. The van der Waals surface area contributed by atoms with Crippen molar-refractivity contribution in [2.45, 2.75) is 19.8 Å². The van der Waals surface area contributed by atoms with Gasteiger partial charge in [-0.2, -0.15) is 0 Å². The summed E-state index contributed by atoms with van der Waals surface area (Å²) in [6.45, 7) is 3.58. The Morgan fingerprint density at radius 3 is 2.72 bits per heavy atom. The van der Waals surface area contributed by atoms with Gasteiger partial charge in [0, 0.05) is 13.1 Å². The van der Waals surface area contributed by atoms with Crippen molar-refractivity contribution in [1.29, 1.82) is 0 Å². The van der Waals surface area contributed by atoms with E-state index in [4.69, 9.17) is 11.6 Å². The monoisotopic (exact) mass is 270 g/mol. The predicted octanol–water partition coefficient (Wildman–Crippen LogP) is 3.74. The highest BCUT2D eigenvalue weighted by Crippen LogP contribution is 2.25. The number of nitrogens with zero attached hydrogens (tertiary/aromatic N) is 1. The van der Waals surface area contributed by atoms with Gasteiger partial charge in [0.05, 0.1) is 10.7 Å². The van der Waals surface area contributed by atoms with Crippen LogP contribution in [0.4, 0.5) is 14.9 Å². The Labute approximate surface area is 111 Å². The fourth-order valence-electron chi connectivity index (χ4n) is 2.01. The summed E-state index contributed by atoms with van der Waals surface area (Å²) < 4.78 is 13.5. The lowest BCUT2D eigenvalue weighted by molar-refractivity contribution is 0.186. The highest BCUT2D eigenvalue weighted by Gasteiger charge is 2.21. The zero-order valence-corrected chi connectivity index (χ0v) is 11.0. The lowest BCUT2D eigenvalue weighted by Crippen LogP contribution is -2.40. The van der Waals surface area contributed by atoms with E-state index in [-0.39, 0.29) is 16.7 Å². The van der Waals surface area contributed by atoms with Crippen LogP contribution in [0.15, 0.2) is 18.2 Å². The summed E-state index contributed by atoms with van der Waals surface area (Å²) in [5.41, 5.74) is 0.0581. The van der Waals surface area contributed by atoms with Gasteiger partial charge in [-0.1, -0.05) is 24.6 Å². The summed E-state index contributed by atoms with van der Waals surface area (Å²) >= 11 is 5.86. The van der Waals surface area contributed by atoms with Gasteiger partial charge in [-0.25, -0.2) is 9.18 Å². The quantitative estimate of drug-likeness (QED) is 0.828. The van der Waals surface area contributed by atoms with Crippen molar-refractivity contribution >= 4 is 23.3 Å². The molecule has 1 N–H and O–H groups in total. The molecule has 0 radical (unpaired) electrons. The first kappa shape index (κ1) is 13.1. The van der Waals surface area contributed by atoms with Crippen molar-refractivity contribution in [2.75, 3.05) is 18.4 Å². The molecule has 0 bridgehead atoms. The number of piperidine rings is 1. The maximum atomic E-state index is 13.5. The summed E-state index contributed by atoms with van der Waals surface area (Å²) in [6, 6.07) is 4.06. The third-order valence-corrected chi connectivity index (χ3v) is 3.58. The van der Waals surface area contributed by atoms with Gasteiger partial charge in [0.25, 0.3) is 0 Å². The number of anilines is 1. The summed E-state index contributed by atoms with van der Waals surface area (Å²) in [4.78, 5) is 13.7. The molecule has 98 valence electrons. The van der Waals surface area contributed by atoms with E-state index in [2.05, 4.69) is 12.2 Å². The molecule has 1 aliphatic heterocycles. The predicted molar refractivity (Wildman–Crippen MR) is 70.4 cm³/mol. The highest BCUT2D eigenvalue weighted by atomic mass is 35.5. The number of hydrogen-bond acceptors (Lipinski definition) is 1. The average Bonchev–Trinajstić information content (AvgIpc) is 2.34. The Morgan fingerprint density at radius 1 is 1.44 bits per heavy atom. The number of para-hydroxylation sites is 1. The lowest BCUT2D eigenvalue weighted by atomic mass is 10.00. The first-order valence-corrected chi connectivity index (χ1v) is 6.45. The van der Waals surface area contributed by atoms with Crippen LogP contribution in [-0.2, 0) is 0 Å². The summed E-state index contributed by atoms with van der Waals surface area (Å²) in [6.07, 6.45) is 1.97. The van der Waals surface area contributed by atoms with Crippen molar-refractivity contribution in [2.24, 2.45) is 5.92 Å². The van der Waals surface area contributed by atoms with Crippen molar-refractivity contribution in [3.8, 4) is 0 Å². The number of hydrogen-bond donors (Lipinski definition) is 1. The van der Waals surface area contributed by atoms with E-state index in [1.54, 1.807) is 11.0 Å². The van der Waals surface area contributed by atoms with Crippen molar-refractivity contribution in [3.05, 3.63) is 29.0 Å². The summed E-state index contributed by atoms with van der Waals surface area (Å²) in [5.74, 6) is 0.132. The van der Waals surface area contributed by atoms with Crippen LogP contribution in [0.2, 0.25) is 5.02 Å². The molecule has 0 atom stereocenters. The molecule has 1 heterocycles. The first-order chi connectivity index (χ1) is 8.58. The van der Waals surface area contributed by atoms with Crippen LogP contribution in [0.3, 0.4) is 0 Å². The van der Waals surface area contributed by atoms with E-state index < -0.39 is 5.82 Å². The van der Waals surface area contributed by atoms with Crippen molar-refractivity contribution in [3.63, 3.8) is 0 Å². The molecule has 0 aliphatic carbocycles. The van der Waals surface area contributed by atoms with E-state index in [1.807, 2.05) is 0 Å². The normalized spacial score (nSPS) is 16.7. The van der Waals surface area contributed by atoms with Crippen LogP contribution < -0.4 is 5.32 Å². The maximum absolute atomic E-state index is 13.5. The van der Waals surface area contributed by atoms with Crippen LogP contribution >= 0.6 is 11.6 Å². The summed E-state index contributed by atoms with van der Waals surface area (Å²) in [5, 5.41) is 2.76. The Kier molecular flexibility index (Phi) is 4.07. The Hall–Kier alpha value is -1.29. The summed E-state index contributed by atoms with van der Waals surface area (Å²) in [7, 11) is 0. The van der Waals surface area contributed by atoms with E-state index in [0.29, 0.717) is 19.0 Å². The lowest BCUT2D eigenvalue weighted by Gasteiger charge is -2.30. The third kappa shape index (κ3) is 2.93. The second-order valence-corrected chi connectivity index (χ2v) is 5.10. The highest BCUT2D eigenvalue weighted by molar-refractivity contribution is 6.33. The molecule has 0 aromatic heterocycles. The van der Waals surface area contributed by atoms with E-state index >= 15 is 0 Å². The Morgan fingerprint density at radius 2 is 2.11 bits per heavy atom. The number of rotatable bonds is 1. The number of benzene rings is 1. The van der Waals surface area contributed by atoms with Crippen LogP contribution in [0, 0.1) is 11.7 Å². The minimum absolute atomic E-state index is 0.0581. The maximum Gasteiger partial charge on any atom is 0.321 e. The molecule has 3 nitrogen and oxygen atoms in total. The van der Waals surface area contributed by atoms with Gasteiger partial charge in [0.2, 0.25) is 0 Å². The number of urea groups is 1. The van der Waals surface area contributed by atoms with Gasteiger partial charge in [0.1, 0.15) is 5.82 Å². The van der Waals surface area contributed by atoms with Crippen molar-refractivity contribution < 1.29 is 9.18 Å². The second kappa shape index (κ2) is 5.57. The molecule has 1 aliphatic rings. The molecular formula is C13H16ClFN2O. The topological polar surface area (TPSA) is 32.3 Å². The fourth-order valence-corrected chi connectivity index (χ4v) is 2.23.